The van der Waals surface area contributed by atoms with E-state index in [-0.39, 0.29) is 17.2 Å². The van der Waals surface area contributed by atoms with Crippen molar-refractivity contribution in [3.63, 3.8) is 0 Å². The van der Waals surface area contributed by atoms with Crippen molar-refractivity contribution in [1.29, 1.82) is 0 Å². The minimum atomic E-state index is -0.313. The normalized spacial score (nSPS) is 10.6. The van der Waals surface area contributed by atoms with E-state index in [0.29, 0.717) is 6.54 Å². The van der Waals surface area contributed by atoms with Gasteiger partial charge in [0.2, 0.25) is 0 Å². The highest BCUT2D eigenvalue weighted by atomic mass is 16.3. The number of carbonyl (C=O) groups excluding carboxylic acids is 1. The van der Waals surface area contributed by atoms with E-state index < -0.39 is 0 Å². The molecule has 0 atom stereocenters. The molecule has 2 N–H and O–H groups in total. The van der Waals surface area contributed by atoms with Gasteiger partial charge in [-0.15, -0.1) is 0 Å². The molecule has 0 unspecified atom stereocenters. The van der Waals surface area contributed by atoms with Crippen LogP contribution in [0.2, 0.25) is 0 Å². The van der Waals surface area contributed by atoms with E-state index in [9.17, 15) is 9.90 Å². The zero-order chi connectivity index (χ0) is 15.5. The van der Waals surface area contributed by atoms with Gasteiger partial charge in [-0.3, -0.25) is 9.78 Å². The van der Waals surface area contributed by atoms with Gasteiger partial charge in [-0.05, 0) is 42.0 Å². The fraction of sp³-hybridized carbons (Fsp3) is 0.111. The van der Waals surface area contributed by atoms with Crippen LogP contribution in [0.1, 0.15) is 21.7 Å². The number of amides is 1. The number of phenols is 1. The van der Waals surface area contributed by atoms with E-state index in [2.05, 4.69) is 10.3 Å². The Morgan fingerprint density at radius 3 is 2.55 bits per heavy atom. The summed E-state index contributed by atoms with van der Waals surface area (Å²) in [5, 5.41) is 14.6. The van der Waals surface area contributed by atoms with Crippen molar-refractivity contribution in [3.05, 3.63) is 71.5 Å². The molecule has 4 heteroatoms. The Balaban J connectivity index is 1.81. The number of phenolic OH excluding ortho intramolecular Hbond substituents is 1. The van der Waals surface area contributed by atoms with E-state index in [0.717, 1.165) is 22.2 Å². The third kappa shape index (κ3) is 2.91. The third-order valence-corrected chi connectivity index (χ3v) is 3.48. The maximum absolute atomic E-state index is 12.3. The zero-order valence-corrected chi connectivity index (χ0v) is 12.2. The Bertz CT molecular complexity index is 843. The molecule has 0 radical (unpaired) electrons. The molecule has 1 aromatic heterocycles. The van der Waals surface area contributed by atoms with Gasteiger partial charge >= 0.3 is 0 Å². The van der Waals surface area contributed by atoms with E-state index in [1.807, 2.05) is 49.4 Å². The summed E-state index contributed by atoms with van der Waals surface area (Å²) >= 11 is 0. The molecule has 3 rings (SSSR count). The summed E-state index contributed by atoms with van der Waals surface area (Å²) in [5.41, 5.74) is 1.96. The van der Waals surface area contributed by atoms with E-state index in [1.54, 1.807) is 12.1 Å². The van der Waals surface area contributed by atoms with Gasteiger partial charge in [-0.25, -0.2) is 0 Å². The molecule has 0 saturated carbocycles. The van der Waals surface area contributed by atoms with Crippen molar-refractivity contribution in [2.45, 2.75) is 13.5 Å². The van der Waals surface area contributed by atoms with Crippen molar-refractivity contribution in [2.75, 3.05) is 0 Å². The van der Waals surface area contributed by atoms with Gasteiger partial charge < -0.3 is 10.4 Å². The number of aromatic nitrogens is 1. The summed E-state index contributed by atoms with van der Waals surface area (Å²) in [5.74, 6) is -0.333. The highest BCUT2D eigenvalue weighted by molar-refractivity contribution is 6.01. The Morgan fingerprint density at radius 1 is 1.09 bits per heavy atom. The number of pyridine rings is 1. The number of carbonyl (C=O) groups is 1. The first-order valence-electron chi connectivity index (χ1n) is 7.06. The molecular formula is C18H16N2O2. The lowest BCUT2D eigenvalue weighted by molar-refractivity contribution is 0.0948. The molecule has 0 spiro atoms. The van der Waals surface area contributed by atoms with Gasteiger partial charge in [0.1, 0.15) is 5.75 Å². The van der Waals surface area contributed by atoms with Gasteiger partial charge in [0.05, 0.1) is 17.8 Å². The molecule has 0 aliphatic carbocycles. The highest BCUT2D eigenvalue weighted by Crippen LogP contribution is 2.24. The van der Waals surface area contributed by atoms with E-state index >= 15 is 0 Å². The van der Waals surface area contributed by atoms with Crippen LogP contribution in [0.5, 0.6) is 5.75 Å². The number of aryl methyl sites for hydroxylation is 1. The number of fused-ring (bicyclic) bond motifs is 1. The van der Waals surface area contributed by atoms with Crippen molar-refractivity contribution in [2.24, 2.45) is 0 Å². The first-order chi connectivity index (χ1) is 10.6. The van der Waals surface area contributed by atoms with Crippen LogP contribution >= 0.6 is 0 Å². The number of nitrogens with one attached hydrogen (secondary N) is 1. The van der Waals surface area contributed by atoms with Gasteiger partial charge in [0.15, 0.2) is 0 Å². The van der Waals surface area contributed by atoms with Crippen LogP contribution in [0.15, 0.2) is 54.6 Å². The zero-order valence-electron chi connectivity index (χ0n) is 12.2. The predicted molar refractivity (Wildman–Crippen MR) is 85.8 cm³/mol. The summed E-state index contributed by atoms with van der Waals surface area (Å²) in [6, 6.07) is 16.6. The standard InChI is InChI=1S/C18H16N2O2/c1-12-5-4-8-15(20-12)11-19-18(22)16-9-13-6-2-3-7-14(13)10-17(16)21/h2-10,21H,11H2,1H3,(H,19,22). The Labute approximate surface area is 128 Å². The van der Waals surface area contributed by atoms with Crippen molar-refractivity contribution in [3.8, 4) is 5.75 Å². The smallest absolute Gasteiger partial charge is 0.255 e. The fourth-order valence-corrected chi connectivity index (χ4v) is 2.37. The number of nitrogens with zero attached hydrogens (tertiary/aromatic N) is 1. The maximum atomic E-state index is 12.3. The number of aromatic hydroxyl groups is 1. The summed E-state index contributed by atoms with van der Waals surface area (Å²) in [4.78, 5) is 16.6. The van der Waals surface area contributed by atoms with E-state index in [4.69, 9.17) is 0 Å². The molecule has 0 bridgehead atoms. The first-order valence-corrected chi connectivity index (χ1v) is 7.06. The third-order valence-electron chi connectivity index (χ3n) is 3.48. The van der Waals surface area contributed by atoms with Crippen molar-refractivity contribution >= 4 is 16.7 Å². The van der Waals surface area contributed by atoms with Crippen molar-refractivity contribution in [1.82, 2.24) is 10.3 Å². The summed E-state index contributed by atoms with van der Waals surface area (Å²) < 4.78 is 0. The van der Waals surface area contributed by atoms with Crippen LogP contribution in [-0.2, 0) is 6.54 Å². The van der Waals surface area contributed by atoms with Crippen LogP contribution in [0.4, 0.5) is 0 Å². The minimum absolute atomic E-state index is 0.0200. The van der Waals surface area contributed by atoms with Gasteiger partial charge in [-0.2, -0.15) is 0 Å². The molecule has 4 nitrogen and oxygen atoms in total. The van der Waals surface area contributed by atoms with Crippen LogP contribution < -0.4 is 5.32 Å². The summed E-state index contributed by atoms with van der Waals surface area (Å²) in [6.07, 6.45) is 0. The molecule has 0 aliphatic heterocycles. The number of hydrogen-bond acceptors (Lipinski definition) is 3. The number of benzene rings is 2. The fourth-order valence-electron chi connectivity index (χ4n) is 2.37. The lowest BCUT2D eigenvalue weighted by Gasteiger charge is -2.08. The van der Waals surface area contributed by atoms with Crippen LogP contribution in [0.25, 0.3) is 10.8 Å². The second-order valence-corrected chi connectivity index (χ2v) is 5.17. The van der Waals surface area contributed by atoms with Crippen LogP contribution in [-0.4, -0.2) is 16.0 Å². The molecule has 0 saturated heterocycles. The van der Waals surface area contributed by atoms with Crippen LogP contribution in [0, 0.1) is 6.92 Å². The lowest BCUT2D eigenvalue weighted by Crippen LogP contribution is -2.23. The van der Waals surface area contributed by atoms with Crippen molar-refractivity contribution < 1.29 is 9.90 Å². The Morgan fingerprint density at radius 2 is 1.82 bits per heavy atom. The summed E-state index contributed by atoms with van der Waals surface area (Å²) in [7, 11) is 0. The Kier molecular flexibility index (Phi) is 3.74. The largest absolute Gasteiger partial charge is 0.507 e. The molecule has 22 heavy (non-hydrogen) atoms. The maximum Gasteiger partial charge on any atom is 0.255 e. The number of hydrogen-bond donors (Lipinski definition) is 2. The molecular weight excluding hydrogens is 276 g/mol. The number of rotatable bonds is 3. The Hall–Kier alpha value is -2.88. The summed E-state index contributed by atoms with van der Waals surface area (Å²) in [6.45, 7) is 2.23. The molecule has 1 amide bonds. The highest BCUT2D eigenvalue weighted by Gasteiger charge is 2.12. The molecule has 0 fully saturated rings. The first kappa shape index (κ1) is 14.1. The van der Waals surface area contributed by atoms with Gasteiger partial charge in [0.25, 0.3) is 5.91 Å². The molecule has 0 aliphatic rings. The monoisotopic (exact) mass is 292 g/mol. The SMILES string of the molecule is Cc1cccc(CNC(=O)c2cc3ccccc3cc2O)n1. The molecule has 110 valence electrons. The van der Waals surface area contributed by atoms with E-state index in [1.165, 1.54) is 0 Å². The molecule has 2 aromatic carbocycles. The molecule has 1 heterocycles. The minimum Gasteiger partial charge on any atom is -0.507 e. The average molecular weight is 292 g/mol. The van der Waals surface area contributed by atoms with Gasteiger partial charge in [-0.1, -0.05) is 30.3 Å². The second kappa shape index (κ2) is 5.85. The van der Waals surface area contributed by atoms with Gasteiger partial charge in [0, 0.05) is 5.69 Å². The quantitative estimate of drug-likeness (QED) is 0.779. The lowest BCUT2D eigenvalue weighted by atomic mass is 10.1. The second-order valence-electron chi connectivity index (χ2n) is 5.17. The predicted octanol–water partition coefficient (Wildman–Crippen LogP) is 3.18. The topological polar surface area (TPSA) is 62.2 Å². The average Bonchev–Trinajstić information content (AvgIpc) is 2.52. The molecule has 3 aromatic rings. The van der Waals surface area contributed by atoms with Crippen LogP contribution in [0.3, 0.4) is 0 Å².